The predicted molar refractivity (Wildman–Crippen MR) is 73.9 cm³/mol. The molecule has 0 aliphatic carbocycles. The topological polar surface area (TPSA) is 34.1 Å². The van der Waals surface area contributed by atoms with Gasteiger partial charge in [-0.15, -0.1) is 0 Å². The van der Waals surface area contributed by atoms with E-state index < -0.39 is 0 Å². The zero-order valence-electron chi connectivity index (χ0n) is 11.5. The molecule has 3 nitrogen and oxygen atoms in total. The summed E-state index contributed by atoms with van der Waals surface area (Å²) in [4.78, 5) is 4.38. The van der Waals surface area contributed by atoms with Gasteiger partial charge in [-0.2, -0.15) is 0 Å². The molecule has 0 aromatic carbocycles. The summed E-state index contributed by atoms with van der Waals surface area (Å²) in [5.74, 6) is 2.15. The summed E-state index contributed by atoms with van der Waals surface area (Å²) in [6.07, 6.45) is 5.29. The number of pyridine rings is 1. The first-order valence-electron chi connectivity index (χ1n) is 7.03. The van der Waals surface area contributed by atoms with Gasteiger partial charge in [0.15, 0.2) is 0 Å². The van der Waals surface area contributed by atoms with Crippen molar-refractivity contribution in [2.24, 2.45) is 11.8 Å². The molecule has 100 valence electrons. The second kappa shape index (κ2) is 6.74. The summed E-state index contributed by atoms with van der Waals surface area (Å²) < 4.78 is 5.94. The summed E-state index contributed by atoms with van der Waals surface area (Å²) in [5, 5.41) is 3.38. The minimum absolute atomic E-state index is 0.635. The van der Waals surface area contributed by atoms with Crippen LogP contribution in [0.1, 0.15) is 32.3 Å². The highest BCUT2D eigenvalue weighted by Gasteiger charge is 2.15. The number of ether oxygens (including phenoxy) is 1. The van der Waals surface area contributed by atoms with Crippen molar-refractivity contribution in [1.82, 2.24) is 10.3 Å². The fourth-order valence-corrected chi connectivity index (χ4v) is 2.39. The monoisotopic (exact) mass is 248 g/mol. The van der Waals surface area contributed by atoms with Crippen molar-refractivity contribution in [2.45, 2.75) is 33.1 Å². The maximum absolute atomic E-state index is 5.94. The van der Waals surface area contributed by atoms with E-state index in [4.69, 9.17) is 4.74 Å². The molecule has 2 heterocycles. The second-order valence-electron chi connectivity index (χ2n) is 5.57. The van der Waals surface area contributed by atoms with Crippen molar-refractivity contribution in [1.29, 1.82) is 0 Å². The van der Waals surface area contributed by atoms with Gasteiger partial charge >= 0.3 is 0 Å². The summed E-state index contributed by atoms with van der Waals surface area (Å²) in [6.45, 7) is 7.50. The Bertz CT molecular complexity index is 359. The summed E-state index contributed by atoms with van der Waals surface area (Å²) in [7, 11) is 0. The third-order valence-corrected chi connectivity index (χ3v) is 3.39. The number of hydrogen-bond donors (Lipinski definition) is 1. The molecular weight excluding hydrogens is 224 g/mol. The van der Waals surface area contributed by atoms with Gasteiger partial charge in [0.2, 0.25) is 5.88 Å². The van der Waals surface area contributed by atoms with Gasteiger partial charge < -0.3 is 10.1 Å². The van der Waals surface area contributed by atoms with Crippen molar-refractivity contribution in [3.63, 3.8) is 0 Å². The Morgan fingerprint density at radius 3 is 2.89 bits per heavy atom. The molecular formula is C15H24N2O. The molecule has 3 heteroatoms. The van der Waals surface area contributed by atoms with Crippen LogP contribution < -0.4 is 10.1 Å². The van der Waals surface area contributed by atoms with Crippen LogP contribution in [0, 0.1) is 11.8 Å². The van der Waals surface area contributed by atoms with Gasteiger partial charge in [0, 0.05) is 11.8 Å². The molecule has 0 unspecified atom stereocenters. The Kier molecular flexibility index (Phi) is 5.00. The normalized spacial score (nSPS) is 17.1. The number of rotatable bonds is 5. The summed E-state index contributed by atoms with van der Waals surface area (Å²) >= 11 is 0. The van der Waals surface area contributed by atoms with Crippen LogP contribution in [0.25, 0.3) is 0 Å². The smallest absolute Gasteiger partial charge is 0.216 e. The largest absolute Gasteiger partial charge is 0.477 e. The zero-order chi connectivity index (χ0) is 12.8. The Hall–Kier alpha value is -1.09. The van der Waals surface area contributed by atoms with E-state index in [1.807, 2.05) is 12.3 Å². The van der Waals surface area contributed by atoms with Gasteiger partial charge in [-0.3, -0.25) is 0 Å². The minimum Gasteiger partial charge on any atom is -0.477 e. The first-order valence-corrected chi connectivity index (χ1v) is 7.03. The molecule has 0 atom stereocenters. The maximum Gasteiger partial charge on any atom is 0.216 e. The highest BCUT2D eigenvalue weighted by molar-refractivity contribution is 5.25. The molecule has 2 rings (SSSR count). The second-order valence-corrected chi connectivity index (χ2v) is 5.57. The van der Waals surface area contributed by atoms with Gasteiger partial charge in [0.1, 0.15) is 0 Å². The van der Waals surface area contributed by atoms with Crippen molar-refractivity contribution in [3.05, 3.63) is 23.9 Å². The van der Waals surface area contributed by atoms with E-state index in [1.54, 1.807) is 0 Å². The molecule has 1 aromatic rings. The molecule has 0 saturated carbocycles. The Morgan fingerprint density at radius 2 is 2.17 bits per heavy atom. The van der Waals surface area contributed by atoms with E-state index in [0.717, 1.165) is 32.0 Å². The van der Waals surface area contributed by atoms with Gasteiger partial charge in [-0.1, -0.05) is 19.9 Å². The average molecular weight is 248 g/mol. The SMILES string of the molecule is CC(C)Cc1cccnc1OCC1CCNCC1. The lowest BCUT2D eigenvalue weighted by Gasteiger charge is -2.23. The van der Waals surface area contributed by atoms with Crippen molar-refractivity contribution in [2.75, 3.05) is 19.7 Å². The molecule has 0 radical (unpaired) electrons. The van der Waals surface area contributed by atoms with Crippen molar-refractivity contribution in [3.8, 4) is 5.88 Å². The van der Waals surface area contributed by atoms with Crippen LogP contribution in [-0.2, 0) is 6.42 Å². The van der Waals surface area contributed by atoms with Gasteiger partial charge in [0.05, 0.1) is 6.61 Å². The summed E-state index contributed by atoms with van der Waals surface area (Å²) in [5.41, 5.74) is 1.24. The van der Waals surface area contributed by atoms with Crippen molar-refractivity contribution >= 4 is 0 Å². The third kappa shape index (κ3) is 3.98. The van der Waals surface area contributed by atoms with E-state index in [2.05, 4.69) is 30.2 Å². The van der Waals surface area contributed by atoms with E-state index in [1.165, 1.54) is 18.4 Å². The maximum atomic E-state index is 5.94. The van der Waals surface area contributed by atoms with Crippen LogP contribution in [0.3, 0.4) is 0 Å². The third-order valence-electron chi connectivity index (χ3n) is 3.39. The van der Waals surface area contributed by atoms with Crippen LogP contribution >= 0.6 is 0 Å². The van der Waals surface area contributed by atoms with Gasteiger partial charge in [0.25, 0.3) is 0 Å². The van der Waals surface area contributed by atoms with Crippen LogP contribution in [-0.4, -0.2) is 24.7 Å². The van der Waals surface area contributed by atoms with Gasteiger partial charge in [-0.25, -0.2) is 4.98 Å². The zero-order valence-corrected chi connectivity index (χ0v) is 11.5. The average Bonchev–Trinajstić information content (AvgIpc) is 2.38. The lowest BCUT2D eigenvalue weighted by Crippen LogP contribution is -2.30. The number of nitrogens with zero attached hydrogens (tertiary/aromatic N) is 1. The highest BCUT2D eigenvalue weighted by atomic mass is 16.5. The Morgan fingerprint density at radius 1 is 1.39 bits per heavy atom. The van der Waals surface area contributed by atoms with Gasteiger partial charge in [-0.05, 0) is 50.3 Å². The Labute approximate surface area is 110 Å². The standard InChI is InChI=1S/C15H24N2O/c1-12(2)10-14-4-3-7-17-15(14)18-11-13-5-8-16-9-6-13/h3-4,7,12-13,16H,5-6,8-11H2,1-2H3. The Balaban J connectivity index is 1.91. The molecule has 1 N–H and O–H groups in total. The van der Waals surface area contributed by atoms with Crippen LogP contribution in [0.4, 0.5) is 0 Å². The molecule has 0 bridgehead atoms. The predicted octanol–water partition coefficient (Wildman–Crippen LogP) is 2.66. The quantitative estimate of drug-likeness (QED) is 0.870. The number of aromatic nitrogens is 1. The van der Waals surface area contributed by atoms with E-state index >= 15 is 0 Å². The molecule has 1 aliphatic rings. The van der Waals surface area contributed by atoms with E-state index in [9.17, 15) is 0 Å². The number of nitrogens with one attached hydrogen (secondary N) is 1. The van der Waals surface area contributed by atoms with Crippen LogP contribution in [0.15, 0.2) is 18.3 Å². The molecule has 18 heavy (non-hydrogen) atoms. The van der Waals surface area contributed by atoms with Crippen LogP contribution in [0.2, 0.25) is 0 Å². The van der Waals surface area contributed by atoms with E-state index in [0.29, 0.717) is 11.8 Å². The minimum atomic E-state index is 0.635. The molecule has 0 amide bonds. The van der Waals surface area contributed by atoms with Crippen molar-refractivity contribution < 1.29 is 4.74 Å². The fourth-order valence-electron chi connectivity index (χ4n) is 2.39. The highest BCUT2D eigenvalue weighted by Crippen LogP contribution is 2.20. The number of hydrogen-bond acceptors (Lipinski definition) is 3. The van der Waals surface area contributed by atoms with Crippen LogP contribution in [0.5, 0.6) is 5.88 Å². The lowest BCUT2D eigenvalue weighted by molar-refractivity contribution is 0.207. The first-order chi connectivity index (χ1) is 8.75. The lowest BCUT2D eigenvalue weighted by atomic mass is 9.99. The van der Waals surface area contributed by atoms with E-state index in [-0.39, 0.29) is 0 Å². The molecule has 1 aliphatic heterocycles. The molecule has 1 aromatic heterocycles. The first kappa shape index (κ1) is 13.3. The molecule has 1 fully saturated rings. The summed E-state index contributed by atoms with van der Waals surface area (Å²) in [6, 6.07) is 4.12. The molecule has 0 spiro atoms. The number of piperidine rings is 1. The molecule has 1 saturated heterocycles. The fraction of sp³-hybridized carbons (Fsp3) is 0.667.